The summed E-state index contributed by atoms with van der Waals surface area (Å²) < 4.78 is 12.4. The third-order valence-electron chi connectivity index (χ3n) is 4.28. The molecule has 19 heavy (non-hydrogen) atoms. The quantitative estimate of drug-likeness (QED) is 0.867. The van der Waals surface area contributed by atoms with E-state index < -0.39 is 10.8 Å². The number of rotatable bonds is 6. The van der Waals surface area contributed by atoms with E-state index >= 15 is 0 Å². The molecule has 1 aromatic rings. The van der Waals surface area contributed by atoms with Crippen LogP contribution in [0.15, 0.2) is 24.3 Å². The topological polar surface area (TPSA) is 29.1 Å². The fourth-order valence-electron chi connectivity index (χ4n) is 3.02. The van der Waals surface area contributed by atoms with Gasteiger partial charge in [0.2, 0.25) is 0 Å². The van der Waals surface area contributed by atoms with Crippen molar-refractivity contribution < 1.29 is 4.21 Å². The first kappa shape index (κ1) is 14.7. The molecule has 106 valence electrons. The van der Waals surface area contributed by atoms with Gasteiger partial charge in [-0.25, -0.2) is 0 Å². The molecule has 0 spiro atoms. The van der Waals surface area contributed by atoms with Crippen molar-refractivity contribution in [2.75, 3.05) is 12.8 Å². The van der Waals surface area contributed by atoms with Gasteiger partial charge in [0.25, 0.3) is 0 Å². The summed E-state index contributed by atoms with van der Waals surface area (Å²) in [6, 6.07) is 8.69. The molecule has 1 N–H and O–H groups in total. The Bertz CT molecular complexity index is 427. The Morgan fingerprint density at radius 1 is 1.32 bits per heavy atom. The maximum absolute atomic E-state index is 12.4. The lowest BCUT2D eigenvalue weighted by atomic mass is 10.0. The monoisotopic (exact) mass is 279 g/mol. The van der Waals surface area contributed by atoms with Crippen LogP contribution >= 0.6 is 0 Å². The Morgan fingerprint density at radius 3 is 2.63 bits per heavy atom. The van der Waals surface area contributed by atoms with E-state index in [2.05, 4.69) is 24.4 Å². The molecule has 2 unspecified atom stereocenters. The lowest BCUT2D eigenvalue weighted by molar-refractivity contribution is 0.408. The highest BCUT2D eigenvalue weighted by molar-refractivity contribution is 7.84. The van der Waals surface area contributed by atoms with Gasteiger partial charge in [-0.05, 0) is 43.9 Å². The fraction of sp³-hybridized carbons (Fsp3) is 0.625. The van der Waals surface area contributed by atoms with Crippen molar-refractivity contribution in [1.29, 1.82) is 0 Å². The van der Waals surface area contributed by atoms with Crippen molar-refractivity contribution in [3.05, 3.63) is 35.4 Å². The van der Waals surface area contributed by atoms with Crippen LogP contribution in [0.25, 0.3) is 0 Å². The summed E-state index contributed by atoms with van der Waals surface area (Å²) in [5, 5.41) is 3.38. The van der Waals surface area contributed by atoms with Gasteiger partial charge in [-0.1, -0.05) is 37.1 Å². The highest BCUT2D eigenvalue weighted by Gasteiger charge is 2.25. The van der Waals surface area contributed by atoms with Gasteiger partial charge >= 0.3 is 0 Å². The molecule has 2 atom stereocenters. The molecular weight excluding hydrogens is 254 g/mol. The number of benzene rings is 1. The van der Waals surface area contributed by atoms with Gasteiger partial charge in [-0.15, -0.1) is 0 Å². The molecular formula is C16H25NOS. The lowest BCUT2D eigenvalue weighted by Crippen LogP contribution is -2.37. The molecule has 1 fully saturated rings. The maximum Gasteiger partial charge on any atom is 0.0488 e. The van der Waals surface area contributed by atoms with E-state index in [9.17, 15) is 4.21 Å². The summed E-state index contributed by atoms with van der Waals surface area (Å²) >= 11 is 0. The second-order valence-corrected chi connectivity index (χ2v) is 7.12. The predicted octanol–water partition coefficient (Wildman–Crippen LogP) is 3.02. The van der Waals surface area contributed by atoms with Gasteiger partial charge in [0.05, 0.1) is 0 Å². The van der Waals surface area contributed by atoms with E-state index in [-0.39, 0.29) is 0 Å². The second-order valence-electron chi connectivity index (χ2n) is 5.62. The number of hydrogen-bond donors (Lipinski definition) is 1. The summed E-state index contributed by atoms with van der Waals surface area (Å²) in [5.41, 5.74) is 2.47. The van der Waals surface area contributed by atoms with Crippen molar-refractivity contribution in [2.24, 2.45) is 5.92 Å². The normalized spacial score (nSPS) is 19.5. The van der Waals surface area contributed by atoms with Gasteiger partial charge in [-0.2, -0.15) is 0 Å². The maximum atomic E-state index is 12.4. The molecule has 0 heterocycles. The summed E-state index contributed by atoms with van der Waals surface area (Å²) in [6.45, 7) is 2.10. The summed E-state index contributed by atoms with van der Waals surface area (Å²) in [5.74, 6) is 2.21. The van der Waals surface area contributed by atoms with Crippen LogP contribution in [0.4, 0.5) is 0 Å². The lowest BCUT2D eigenvalue weighted by Gasteiger charge is -2.22. The smallest absolute Gasteiger partial charge is 0.0488 e. The fourth-order valence-corrected chi connectivity index (χ4v) is 4.65. The van der Waals surface area contributed by atoms with Gasteiger partial charge in [0.15, 0.2) is 0 Å². The van der Waals surface area contributed by atoms with Gasteiger partial charge in [-0.3, -0.25) is 4.21 Å². The van der Waals surface area contributed by atoms with E-state index in [0.29, 0.717) is 11.8 Å². The first-order chi connectivity index (χ1) is 9.20. The number of nitrogens with one attached hydrogen (secondary N) is 1. The zero-order valence-electron chi connectivity index (χ0n) is 12.0. The van der Waals surface area contributed by atoms with Crippen LogP contribution in [0.2, 0.25) is 0 Å². The Kier molecular flexibility index (Phi) is 5.59. The van der Waals surface area contributed by atoms with Crippen molar-refractivity contribution in [1.82, 2.24) is 5.32 Å². The first-order valence-electron chi connectivity index (χ1n) is 7.27. The summed E-state index contributed by atoms with van der Waals surface area (Å²) in [6.07, 6.45) is 5.28. The van der Waals surface area contributed by atoms with Gasteiger partial charge in [0, 0.05) is 28.3 Å². The van der Waals surface area contributed by atoms with E-state index in [1.165, 1.54) is 36.8 Å². The molecule has 1 aromatic carbocycles. The molecule has 2 rings (SSSR count). The van der Waals surface area contributed by atoms with Crippen LogP contribution in [0.5, 0.6) is 0 Å². The molecule has 0 aromatic heterocycles. The van der Waals surface area contributed by atoms with E-state index in [1.54, 1.807) is 0 Å². The van der Waals surface area contributed by atoms with E-state index in [0.717, 1.165) is 11.7 Å². The van der Waals surface area contributed by atoms with Crippen molar-refractivity contribution >= 4 is 10.8 Å². The Morgan fingerprint density at radius 2 is 2.00 bits per heavy atom. The SMILES string of the molecule is CNC(CS(=O)Cc1ccccc1C)C1CCCC1. The zero-order valence-corrected chi connectivity index (χ0v) is 12.8. The standard InChI is InChI=1S/C16H25NOS/c1-13-7-3-4-10-15(13)11-19(18)12-16(17-2)14-8-5-6-9-14/h3-4,7,10,14,16-17H,5-6,8-9,11-12H2,1-2H3. The largest absolute Gasteiger partial charge is 0.316 e. The minimum absolute atomic E-state index is 0.423. The molecule has 0 aliphatic heterocycles. The highest BCUT2D eigenvalue weighted by Crippen LogP contribution is 2.28. The molecule has 2 nitrogen and oxygen atoms in total. The average molecular weight is 279 g/mol. The van der Waals surface area contributed by atoms with Crippen LogP contribution < -0.4 is 5.32 Å². The Labute approximate surface area is 119 Å². The van der Waals surface area contributed by atoms with Crippen molar-refractivity contribution in [2.45, 2.75) is 44.4 Å². The molecule has 3 heteroatoms. The Hall–Kier alpha value is -0.670. The average Bonchev–Trinajstić information content (AvgIpc) is 2.92. The summed E-state index contributed by atoms with van der Waals surface area (Å²) in [7, 11) is 1.24. The third-order valence-corrected chi connectivity index (χ3v) is 5.65. The zero-order chi connectivity index (χ0) is 13.7. The van der Waals surface area contributed by atoms with Crippen LogP contribution in [0, 0.1) is 12.8 Å². The van der Waals surface area contributed by atoms with Gasteiger partial charge < -0.3 is 5.32 Å². The molecule has 0 saturated heterocycles. The number of aryl methyl sites for hydroxylation is 1. The third kappa shape index (κ3) is 4.15. The van der Waals surface area contributed by atoms with Crippen LogP contribution in [-0.2, 0) is 16.6 Å². The molecule has 1 saturated carbocycles. The van der Waals surface area contributed by atoms with Crippen LogP contribution in [-0.4, -0.2) is 23.1 Å². The highest BCUT2D eigenvalue weighted by atomic mass is 32.2. The minimum atomic E-state index is -0.770. The molecule has 0 bridgehead atoms. The van der Waals surface area contributed by atoms with E-state index in [1.807, 2.05) is 19.2 Å². The van der Waals surface area contributed by atoms with Crippen LogP contribution in [0.3, 0.4) is 0 Å². The molecule has 1 aliphatic carbocycles. The molecule has 0 radical (unpaired) electrons. The van der Waals surface area contributed by atoms with Gasteiger partial charge in [0.1, 0.15) is 0 Å². The first-order valence-corrected chi connectivity index (χ1v) is 8.76. The van der Waals surface area contributed by atoms with E-state index in [4.69, 9.17) is 0 Å². The van der Waals surface area contributed by atoms with Crippen molar-refractivity contribution in [3.63, 3.8) is 0 Å². The minimum Gasteiger partial charge on any atom is -0.316 e. The predicted molar refractivity (Wildman–Crippen MR) is 82.7 cm³/mol. The molecule has 0 amide bonds. The second kappa shape index (κ2) is 7.20. The summed E-state index contributed by atoms with van der Waals surface area (Å²) in [4.78, 5) is 0. The van der Waals surface area contributed by atoms with Crippen LogP contribution in [0.1, 0.15) is 36.8 Å². The van der Waals surface area contributed by atoms with Crippen molar-refractivity contribution in [3.8, 4) is 0 Å². The Balaban J connectivity index is 1.91. The molecule has 1 aliphatic rings. The number of hydrogen-bond acceptors (Lipinski definition) is 2.